The van der Waals surface area contributed by atoms with Crippen molar-refractivity contribution in [1.29, 1.82) is 0 Å². The molecule has 2 aromatic rings. The predicted molar refractivity (Wildman–Crippen MR) is 118 cm³/mol. The molecule has 2 aromatic carbocycles. The van der Waals surface area contributed by atoms with Crippen LogP contribution in [0.3, 0.4) is 0 Å². The van der Waals surface area contributed by atoms with Gasteiger partial charge in [-0.15, -0.1) is 0 Å². The number of carbonyl (C=O) groups is 3. The minimum Gasteiger partial charge on any atom is -0.326 e. The molecule has 5 nitrogen and oxygen atoms in total. The normalized spacial score (nSPS) is 27.0. The van der Waals surface area contributed by atoms with Crippen molar-refractivity contribution >= 4 is 23.4 Å². The van der Waals surface area contributed by atoms with Gasteiger partial charge in [0.05, 0.1) is 24.3 Å². The quantitative estimate of drug-likeness (QED) is 0.590. The highest BCUT2D eigenvalue weighted by atomic mass is 16.2. The monoisotopic (exact) mass is 414 g/mol. The second-order valence-corrected chi connectivity index (χ2v) is 9.09. The van der Waals surface area contributed by atoms with Gasteiger partial charge in [0.15, 0.2) is 0 Å². The fourth-order valence-corrected chi connectivity index (χ4v) is 5.49. The Morgan fingerprint density at radius 1 is 0.968 bits per heavy atom. The highest BCUT2D eigenvalue weighted by molar-refractivity contribution is 6.07. The predicted octanol–water partition coefficient (Wildman–Crippen LogP) is 4.18. The van der Waals surface area contributed by atoms with Crippen LogP contribution in [-0.2, 0) is 14.4 Å². The van der Waals surface area contributed by atoms with Crippen LogP contribution in [0.5, 0.6) is 0 Å². The number of allylic oxidation sites excluding steroid dienone is 2. The molecule has 0 aromatic heterocycles. The molecule has 1 saturated carbocycles. The molecule has 2 bridgehead atoms. The van der Waals surface area contributed by atoms with Crippen LogP contribution in [0.4, 0.5) is 5.69 Å². The van der Waals surface area contributed by atoms with E-state index in [2.05, 4.69) is 17.5 Å². The zero-order chi connectivity index (χ0) is 21.7. The first kappa shape index (κ1) is 19.7. The molecule has 1 N–H and O–H groups in total. The minimum atomic E-state index is -0.601. The average molecular weight is 415 g/mol. The molecule has 0 spiro atoms. The largest absolute Gasteiger partial charge is 0.326 e. The number of amides is 3. The first-order chi connectivity index (χ1) is 14.9. The van der Waals surface area contributed by atoms with Crippen LogP contribution in [0.1, 0.15) is 35.6 Å². The molecule has 1 aliphatic heterocycles. The summed E-state index contributed by atoms with van der Waals surface area (Å²) in [6, 6.07) is 14.7. The van der Waals surface area contributed by atoms with Crippen molar-refractivity contribution in [3.63, 3.8) is 0 Å². The van der Waals surface area contributed by atoms with E-state index in [1.807, 2.05) is 62.4 Å². The zero-order valence-corrected chi connectivity index (χ0v) is 17.7. The lowest BCUT2D eigenvalue weighted by atomic mass is 9.85. The highest BCUT2D eigenvalue weighted by Gasteiger charge is 2.60. The number of fused-ring (bicyclic) bond motifs is 5. The number of anilines is 1. The standard InChI is InChI=1S/C26H26N2O3/c1-15-6-8-17(9-7-15)21(14-22(29)27-20-5-3-4-16(2)12-20)28-25(30)23-18-10-11-19(13-18)24(23)26(28)31/h3-12,18-19,21,23-24H,13-14H2,1-2H3,(H,27,29). The molecule has 3 amide bonds. The third-order valence-electron chi connectivity index (χ3n) is 6.96. The van der Waals surface area contributed by atoms with Gasteiger partial charge in [-0.2, -0.15) is 0 Å². The van der Waals surface area contributed by atoms with Gasteiger partial charge in [0.25, 0.3) is 0 Å². The van der Waals surface area contributed by atoms with Crippen molar-refractivity contribution in [2.45, 2.75) is 32.7 Å². The van der Waals surface area contributed by atoms with Crippen molar-refractivity contribution in [2.75, 3.05) is 5.32 Å². The van der Waals surface area contributed by atoms with Crippen molar-refractivity contribution in [3.05, 3.63) is 77.4 Å². The van der Waals surface area contributed by atoms with E-state index >= 15 is 0 Å². The third kappa shape index (κ3) is 3.38. The van der Waals surface area contributed by atoms with Crippen molar-refractivity contribution < 1.29 is 14.4 Å². The number of carbonyl (C=O) groups excluding carboxylic acids is 3. The summed E-state index contributed by atoms with van der Waals surface area (Å²) < 4.78 is 0. The summed E-state index contributed by atoms with van der Waals surface area (Å²) in [6.45, 7) is 3.95. The van der Waals surface area contributed by atoms with Crippen molar-refractivity contribution in [3.8, 4) is 0 Å². The number of imide groups is 1. The van der Waals surface area contributed by atoms with Crippen LogP contribution in [0, 0.1) is 37.5 Å². The maximum atomic E-state index is 13.4. The molecule has 2 aliphatic carbocycles. The van der Waals surface area contributed by atoms with Gasteiger partial charge in [0.1, 0.15) is 0 Å². The molecule has 3 aliphatic rings. The lowest BCUT2D eigenvalue weighted by molar-refractivity contribution is -0.144. The van der Waals surface area contributed by atoms with E-state index in [-0.39, 0.29) is 47.8 Å². The van der Waals surface area contributed by atoms with E-state index in [9.17, 15) is 14.4 Å². The lowest BCUT2D eigenvalue weighted by Gasteiger charge is -2.28. The van der Waals surface area contributed by atoms with E-state index in [0.717, 1.165) is 23.1 Å². The Balaban J connectivity index is 1.44. The summed E-state index contributed by atoms with van der Waals surface area (Å²) in [7, 11) is 0. The van der Waals surface area contributed by atoms with Crippen LogP contribution in [0.2, 0.25) is 0 Å². The van der Waals surface area contributed by atoms with Crippen LogP contribution in [0.15, 0.2) is 60.7 Å². The maximum Gasteiger partial charge on any atom is 0.234 e. The molecule has 0 radical (unpaired) electrons. The number of nitrogens with zero attached hydrogens (tertiary/aromatic N) is 1. The van der Waals surface area contributed by atoms with Crippen LogP contribution in [0.25, 0.3) is 0 Å². The number of nitrogens with one attached hydrogen (secondary N) is 1. The maximum absolute atomic E-state index is 13.4. The first-order valence-electron chi connectivity index (χ1n) is 10.9. The molecule has 5 atom stereocenters. The van der Waals surface area contributed by atoms with Gasteiger partial charge >= 0.3 is 0 Å². The minimum absolute atomic E-state index is 0.0384. The highest BCUT2D eigenvalue weighted by Crippen LogP contribution is 2.54. The summed E-state index contributed by atoms with van der Waals surface area (Å²) in [5.41, 5.74) is 3.66. The molecule has 1 heterocycles. The topological polar surface area (TPSA) is 66.5 Å². The summed E-state index contributed by atoms with van der Waals surface area (Å²) in [6.07, 6.45) is 5.11. The van der Waals surface area contributed by atoms with E-state index in [1.165, 1.54) is 4.90 Å². The summed E-state index contributed by atoms with van der Waals surface area (Å²) in [5.74, 6) is -0.700. The number of aryl methyl sites for hydroxylation is 2. The Kier molecular flexibility index (Phi) is 4.77. The molecule has 158 valence electrons. The van der Waals surface area contributed by atoms with Gasteiger partial charge < -0.3 is 5.32 Å². The second kappa shape index (κ2) is 7.49. The SMILES string of the molecule is Cc1ccc(C(CC(=O)Nc2cccc(C)c2)N2C(=O)C3C4C=CC(C4)C3C2=O)cc1. The van der Waals surface area contributed by atoms with Crippen LogP contribution < -0.4 is 5.32 Å². The Morgan fingerprint density at radius 2 is 1.61 bits per heavy atom. The number of hydrogen-bond acceptors (Lipinski definition) is 3. The molecule has 5 rings (SSSR count). The smallest absolute Gasteiger partial charge is 0.234 e. The number of rotatable bonds is 5. The third-order valence-corrected chi connectivity index (χ3v) is 6.96. The fraction of sp³-hybridized carbons (Fsp3) is 0.346. The Labute approximate surface area is 182 Å². The Morgan fingerprint density at radius 3 is 2.23 bits per heavy atom. The molecule has 2 fully saturated rings. The van der Waals surface area contributed by atoms with Gasteiger partial charge in [-0.05, 0) is 55.4 Å². The lowest BCUT2D eigenvalue weighted by Crippen LogP contribution is -2.38. The molecular weight excluding hydrogens is 388 g/mol. The van der Waals surface area contributed by atoms with Gasteiger partial charge in [-0.25, -0.2) is 0 Å². The molecular formula is C26H26N2O3. The summed E-state index contributed by atoms with van der Waals surface area (Å²) >= 11 is 0. The van der Waals surface area contributed by atoms with Gasteiger partial charge in [0.2, 0.25) is 17.7 Å². The van der Waals surface area contributed by atoms with E-state index < -0.39 is 6.04 Å². The van der Waals surface area contributed by atoms with E-state index in [4.69, 9.17) is 0 Å². The molecule has 1 saturated heterocycles. The van der Waals surface area contributed by atoms with E-state index in [1.54, 1.807) is 0 Å². The molecule has 5 heteroatoms. The first-order valence-corrected chi connectivity index (χ1v) is 10.9. The van der Waals surface area contributed by atoms with Crippen LogP contribution >= 0.6 is 0 Å². The van der Waals surface area contributed by atoms with Gasteiger partial charge in [-0.1, -0.05) is 54.1 Å². The van der Waals surface area contributed by atoms with Crippen molar-refractivity contribution in [2.24, 2.45) is 23.7 Å². The molecule has 31 heavy (non-hydrogen) atoms. The summed E-state index contributed by atoms with van der Waals surface area (Å²) in [4.78, 5) is 41.1. The fourth-order valence-electron chi connectivity index (χ4n) is 5.49. The Bertz CT molecular complexity index is 1060. The van der Waals surface area contributed by atoms with E-state index in [0.29, 0.717) is 5.69 Å². The van der Waals surface area contributed by atoms with Gasteiger partial charge in [0, 0.05) is 5.69 Å². The number of likely N-dealkylation sites (tertiary alicyclic amines) is 1. The van der Waals surface area contributed by atoms with Gasteiger partial charge in [-0.3, -0.25) is 19.3 Å². The zero-order valence-electron chi connectivity index (χ0n) is 17.7. The summed E-state index contributed by atoms with van der Waals surface area (Å²) in [5, 5.41) is 2.93. The second-order valence-electron chi connectivity index (χ2n) is 9.09. The number of benzene rings is 2. The number of hydrogen-bond donors (Lipinski definition) is 1. The molecule has 5 unspecified atom stereocenters. The Hall–Kier alpha value is -3.21. The van der Waals surface area contributed by atoms with Crippen molar-refractivity contribution in [1.82, 2.24) is 4.90 Å². The average Bonchev–Trinajstić information content (AvgIpc) is 3.41. The van der Waals surface area contributed by atoms with Crippen LogP contribution in [-0.4, -0.2) is 22.6 Å².